The van der Waals surface area contributed by atoms with Crippen LogP contribution in [-0.4, -0.2) is 16.2 Å². The second kappa shape index (κ2) is 6.08. The molecule has 0 heterocycles. The molecule has 0 fully saturated rings. The van der Waals surface area contributed by atoms with Crippen molar-refractivity contribution in [3.05, 3.63) is 29.8 Å². The molecular formula is C11H11BrO2S. The van der Waals surface area contributed by atoms with Crippen LogP contribution in [0.4, 0.5) is 0 Å². The molecule has 0 aliphatic heterocycles. The van der Waals surface area contributed by atoms with Crippen LogP contribution in [0.25, 0.3) is 0 Å². The molecule has 15 heavy (non-hydrogen) atoms. The van der Waals surface area contributed by atoms with Crippen molar-refractivity contribution in [1.82, 2.24) is 0 Å². The normalized spacial score (nSPS) is 10.0. The summed E-state index contributed by atoms with van der Waals surface area (Å²) in [5, 5.41) is 0.812. The first-order valence-corrected chi connectivity index (χ1v) is 6.45. The predicted molar refractivity (Wildman–Crippen MR) is 65.7 cm³/mol. The van der Waals surface area contributed by atoms with Gasteiger partial charge in [0.15, 0.2) is 10.9 Å². The molecule has 0 spiro atoms. The summed E-state index contributed by atoms with van der Waals surface area (Å²) < 4.78 is 0. The predicted octanol–water partition coefficient (Wildman–Crippen LogP) is 3.29. The Morgan fingerprint density at radius 1 is 1.27 bits per heavy atom. The van der Waals surface area contributed by atoms with Gasteiger partial charge in [0.25, 0.3) is 0 Å². The van der Waals surface area contributed by atoms with Crippen LogP contribution in [0.15, 0.2) is 29.2 Å². The lowest BCUT2D eigenvalue weighted by atomic mass is 10.2. The Hall–Kier alpha value is -0.610. The lowest BCUT2D eigenvalue weighted by Gasteiger charge is -2.00. The third-order valence-electron chi connectivity index (χ3n) is 1.79. The number of hydrogen-bond acceptors (Lipinski definition) is 3. The highest BCUT2D eigenvalue weighted by Gasteiger charge is 2.04. The molecule has 0 radical (unpaired) electrons. The van der Waals surface area contributed by atoms with Crippen LogP contribution in [0.2, 0.25) is 0 Å². The fourth-order valence-electron chi connectivity index (χ4n) is 1.02. The molecule has 0 amide bonds. The SMILES string of the molecule is CC(=O)c1ccc(SC(=O)CCBr)cc1. The van der Waals surface area contributed by atoms with Crippen molar-refractivity contribution in [1.29, 1.82) is 0 Å². The zero-order chi connectivity index (χ0) is 11.3. The van der Waals surface area contributed by atoms with Gasteiger partial charge in [0.05, 0.1) is 0 Å². The molecule has 0 aromatic heterocycles. The van der Waals surface area contributed by atoms with Crippen molar-refractivity contribution in [2.24, 2.45) is 0 Å². The Labute approximate surface area is 102 Å². The standard InChI is InChI=1S/C11H11BrO2S/c1-8(13)9-2-4-10(5-3-9)15-11(14)6-7-12/h2-5H,6-7H2,1H3. The topological polar surface area (TPSA) is 34.1 Å². The van der Waals surface area contributed by atoms with E-state index in [0.717, 1.165) is 4.90 Å². The number of rotatable bonds is 4. The first-order valence-electron chi connectivity index (χ1n) is 4.51. The van der Waals surface area contributed by atoms with Crippen molar-refractivity contribution >= 4 is 38.6 Å². The maximum atomic E-state index is 11.3. The van der Waals surface area contributed by atoms with Crippen molar-refractivity contribution in [3.63, 3.8) is 0 Å². The highest BCUT2D eigenvalue weighted by Crippen LogP contribution is 2.21. The smallest absolute Gasteiger partial charge is 0.194 e. The molecule has 0 atom stereocenters. The fourth-order valence-corrected chi connectivity index (χ4v) is 2.38. The lowest BCUT2D eigenvalue weighted by Crippen LogP contribution is -1.93. The summed E-state index contributed by atoms with van der Waals surface area (Å²) in [6.45, 7) is 1.53. The largest absolute Gasteiger partial charge is 0.295 e. The van der Waals surface area contributed by atoms with E-state index in [1.165, 1.54) is 18.7 Å². The van der Waals surface area contributed by atoms with E-state index in [9.17, 15) is 9.59 Å². The van der Waals surface area contributed by atoms with Crippen molar-refractivity contribution < 1.29 is 9.59 Å². The van der Waals surface area contributed by atoms with Crippen molar-refractivity contribution in [2.45, 2.75) is 18.2 Å². The van der Waals surface area contributed by atoms with Gasteiger partial charge in [0.1, 0.15) is 0 Å². The average Bonchev–Trinajstić information content (AvgIpc) is 2.18. The van der Waals surface area contributed by atoms with E-state index < -0.39 is 0 Å². The fraction of sp³-hybridized carbons (Fsp3) is 0.273. The number of carbonyl (C=O) groups is 2. The van der Waals surface area contributed by atoms with Crippen LogP contribution in [0, 0.1) is 0 Å². The molecule has 80 valence electrons. The molecule has 0 aliphatic rings. The Morgan fingerprint density at radius 3 is 2.33 bits per heavy atom. The number of benzene rings is 1. The van der Waals surface area contributed by atoms with E-state index in [2.05, 4.69) is 15.9 Å². The van der Waals surface area contributed by atoms with Crippen LogP contribution in [0.1, 0.15) is 23.7 Å². The molecule has 2 nitrogen and oxygen atoms in total. The van der Waals surface area contributed by atoms with Gasteiger partial charge in [-0.25, -0.2) is 0 Å². The van der Waals surface area contributed by atoms with Gasteiger partial charge < -0.3 is 0 Å². The minimum absolute atomic E-state index is 0.0401. The highest BCUT2D eigenvalue weighted by molar-refractivity contribution is 9.09. The molecule has 0 saturated heterocycles. The molecule has 0 bridgehead atoms. The van der Waals surface area contributed by atoms with Gasteiger partial charge in [0, 0.05) is 22.2 Å². The first-order chi connectivity index (χ1) is 7.13. The minimum atomic E-state index is 0.0401. The molecule has 4 heteroatoms. The zero-order valence-electron chi connectivity index (χ0n) is 8.33. The Kier molecular flexibility index (Phi) is 5.05. The van der Waals surface area contributed by atoms with Gasteiger partial charge in [-0.2, -0.15) is 0 Å². The molecule has 0 aliphatic carbocycles. The van der Waals surface area contributed by atoms with E-state index in [0.29, 0.717) is 17.3 Å². The molecule has 0 unspecified atom stereocenters. The number of carbonyl (C=O) groups excluding carboxylic acids is 2. The highest BCUT2D eigenvalue weighted by atomic mass is 79.9. The number of Topliss-reactive ketones (excluding diaryl/α,β-unsaturated/α-hetero) is 1. The van der Waals surface area contributed by atoms with E-state index in [4.69, 9.17) is 0 Å². The lowest BCUT2D eigenvalue weighted by molar-refractivity contribution is -0.110. The second-order valence-corrected chi connectivity index (χ2v) is 4.92. The quantitative estimate of drug-likeness (QED) is 0.484. The minimum Gasteiger partial charge on any atom is -0.295 e. The summed E-state index contributed by atoms with van der Waals surface area (Å²) in [5.41, 5.74) is 0.673. The molecule has 0 N–H and O–H groups in total. The van der Waals surface area contributed by atoms with Crippen LogP contribution in [0.5, 0.6) is 0 Å². The third kappa shape index (κ3) is 4.18. The van der Waals surface area contributed by atoms with E-state index in [-0.39, 0.29) is 10.9 Å². The Balaban J connectivity index is 2.64. The number of thioether (sulfide) groups is 1. The van der Waals surface area contributed by atoms with Crippen LogP contribution >= 0.6 is 27.7 Å². The van der Waals surface area contributed by atoms with E-state index >= 15 is 0 Å². The van der Waals surface area contributed by atoms with Gasteiger partial charge in [-0.05, 0) is 19.1 Å². The summed E-state index contributed by atoms with van der Waals surface area (Å²) >= 11 is 4.42. The number of halogens is 1. The third-order valence-corrected chi connectivity index (χ3v) is 3.13. The number of alkyl halides is 1. The monoisotopic (exact) mass is 286 g/mol. The summed E-state index contributed by atoms with van der Waals surface area (Å²) in [4.78, 5) is 23.2. The van der Waals surface area contributed by atoms with Gasteiger partial charge in [0.2, 0.25) is 0 Å². The number of hydrogen-bond donors (Lipinski definition) is 0. The Bertz CT molecular complexity index is 359. The van der Waals surface area contributed by atoms with Crippen molar-refractivity contribution in [2.75, 3.05) is 5.33 Å². The second-order valence-electron chi connectivity index (χ2n) is 2.99. The van der Waals surface area contributed by atoms with Crippen LogP contribution in [0.3, 0.4) is 0 Å². The molecule has 1 aromatic carbocycles. The summed E-state index contributed by atoms with van der Waals surface area (Å²) in [5.74, 6) is 0.0401. The van der Waals surface area contributed by atoms with E-state index in [1.807, 2.05) is 0 Å². The molecule has 1 rings (SSSR count). The summed E-state index contributed by atoms with van der Waals surface area (Å²) in [6.07, 6.45) is 0.513. The van der Waals surface area contributed by atoms with Gasteiger partial charge in [-0.3, -0.25) is 9.59 Å². The molecular weight excluding hydrogens is 276 g/mol. The van der Waals surface area contributed by atoms with Gasteiger partial charge in [-0.1, -0.05) is 39.8 Å². The van der Waals surface area contributed by atoms with Gasteiger partial charge in [-0.15, -0.1) is 0 Å². The van der Waals surface area contributed by atoms with Crippen LogP contribution < -0.4 is 0 Å². The Morgan fingerprint density at radius 2 is 1.87 bits per heavy atom. The summed E-state index contributed by atoms with van der Waals surface area (Å²) in [7, 11) is 0. The zero-order valence-corrected chi connectivity index (χ0v) is 10.7. The van der Waals surface area contributed by atoms with Gasteiger partial charge >= 0.3 is 0 Å². The maximum absolute atomic E-state index is 11.3. The first kappa shape index (κ1) is 12.5. The van der Waals surface area contributed by atoms with E-state index in [1.54, 1.807) is 24.3 Å². The molecule has 0 saturated carbocycles. The number of ketones is 1. The van der Waals surface area contributed by atoms with Crippen molar-refractivity contribution in [3.8, 4) is 0 Å². The maximum Gasteiger partial charge on any atom is 0.194 e. The average molecular weight is 287 g/mol. The summed E-state index contributed by atoms with van der Waals surface area (Å²) in [6, 6.07) is 7.08. The molecule has 1 aromatic rings. The van der Waals surface area contributed by atoms with Crippen LogP contribution in [-0.2, 0) is 4.79 Å².